The highest BCUT2D eigenvalue weighted by molar-refractivity contribution is 7.16. The molecule has 0 fully saturated rings. The van der Waals surface area contributed by atoms with Crippen LogP contribution in [0.2, 0.25) is 0 Å². The van der Waals surface area contributed by atoms with Gasteiger partial charge in [-0.2, -0.15) is 5.10 Å². The average molecular weight is 250 g/mol. The Morgan fingerprint density at radius 1 is 1.41 bits per heavy atom. The number of carbonyl (C=O) groups is 1. The third-order valence-electron chi connectivity index (χ3n) is 2.57. The van der Waals surface area contributed by atoms with Gasteiger partial charge in [-0.3, -0.25) is 0 Å². The van der Waals surface area contributed by atoms with Crippen LogP contribution in [0.4, 0.5) is 0 Å². The normalized spacial score (nSPS) is 10.7. The minimum atomic E-state index is -0.887. The number of aromatic nitrogens is 2. The summed E-state index contributed by atoms with van der Waals surface area (Å²) in [7, 11) is 0. The second-order valence-electron chi connectivity index (χ2n) is 3.69. The maximum absolute atomic E-state index is 10.8. The predicted octanol–water partition coefficient (Wildman–Crippen LogP) is 2.76. The van der Waals surface area contributed by atoms with Crippen LogP contribution in [0.1, 0.15) is 34.9 Å². The van der Waals surface area contributed by atoms with Crippen LogP contribution in [0, 0.1) is 0 Å². The molecule has 2 aromatic heterocycles. The highest BCUT2D eigenvalue weighted by Gasteiger charge is 2.12. The number of hydrogen-bond acceptors (Lipinski definition) is 3. The fraction of sp³-hybridized carbons (Fsp3) is 0.333. The Kier molecular flexibility index (Phi) is 3.28. The van der Waals surface area contributed by atoms with Crippen molar-refractivity contribution in [3.05, 3.63) is 34.5 Å². The SMILES string of the molecule is CCc1cc(CC)n(-c2ccc(C(=O)O)s2)n1. The fourth-order valence-electron chi connectivity index (χ4n) is 1.65. The molecular weight excluding hydrogens is 236 g/mol. The van der Waals surface area contributed by atoms with E-state index in [1.54, 1.807) is 12.1 Å². The van der Waals surface area contributed by atoms with E-state index in [-0.39, 0.29) is 0 Å². The molecule has 90 valence electrons. The highest BCUT2D eigenvalue weighted by atomic mass is 32.1. The van der Waals surface area contributed by atoms with E-state index in [2.05, 4.69) is 25.0 Å². The van der Waals surface area contributed by atoms with Crippen molar-refractivity contribution < 1.29 is 9.90 Å². The first kappa shape index (κ1) is 11.9. The largest absolute Gasteiger partial charge is 0.477 e. The van der Waals surface area contributed by atoms with Crippen molar-refractivity contribution in [2.75, 3.05) is 0 Å². The third kappa shape index (κ3) is 2.24. The van der Waals surface area contributed by atoms with E-state index in [1.165, 1.54) is 11.3 Å². The molecule has 5 heteroatoms. The molecule has 0 aliphatic rings. The van der Waals surface area contributed by atoms with Crippen molar-refractivity contribution in [1.82, 2.24) is 9.78 Å². The van der Waals surface area contributed by atoms with Crippen molar-refractivity contribution in [2.24, 2.45) is 0 Å². The maximum Gasteiger partial charge on any atom is 0.345 e. The van der Waals surface area contributed by atoms with Gasteiger partial charge < -0.3 is 5.11 Å². The van der Waals surface area contributed by atoms with Gasteiger partial charge in [0.1, 0.15) is 9.88 Å². The molecule has 0 aromatic carbocycles. The van der Waals surface area contributed by atoms with E-state index in [1.807, 2.05) is 4.68 Å². The van der Waals surface area contributed by atoms with Gasteiger partial charge in [0.05, 0.1) is 5.69 Å². The van der Waals surface area contributed by atoms with E-state index in [0.717, 1.165) is 29.2 Å². The van der Waals surface area contributed by atoms with Gasteiger partial charge in [0.15, 0.2) is 0 Å². The summed E-state index contributed by atoms with van der Waals surface area (Å²) in [6.07, 6.45) is 1.77. The lowest BCUT2D eigenvalue weighted by atomic mass is 10.3. The zero-order valence-corrected chi connectivity index (χ0v) is 10.6. The molecule has 0 unspecified atom stereocenters. The van der Waals surface area contributed by atoms with E-state index < -0.39 is 5.97 Å². The molecule has 0 spiro atoms. The topological polar surface area (TPSA) is 55.1 Å². The first-order valence-electron chi connectivity index (χ1n) is 5.57. The quantitative estimate of drug-likeness (QED) is 0.907. The molecule has 0 aliphatic carbocycles. The number of aryl methyl sites for hydroxylation is 2. The predicted molar refractivity (Wildman–Crippen MR) is 67.2 cm³/mol. The number of rotatable bonds is 4. The molecule has 2 rings (SSSR count). The summed E-state index contributed by atoms with van der Waals surface area (Å²) in [5.74, 6) is -0.887. The molecule has 0 bridgehead atoms. The summed E-state index contributed by atoms with van der Waals surface area (Å²) < 4.78 is 1.84. The molecule has 2 heterocycles. The summed E-state index contributed by atoms with van der Waals surface area (Å²) in [5, 5.41) is 14.2. The Bertz CT molecular complexity index is 542. The summed E-state index contributed by atoms with van der Waals surface area (Å²) >= 11 is 1.25. The van der Waals surface area contributed by atoms with Crippen molar-refractivity contribution in [1.29, 1.82) is 0 Å². The number of nitrogens with zero attached hydrogens (tertiary/aromatic N) is 2. The Morgan fingerprint density at radius 2 is 2.18 bits per heavy atom. The average Bonchev–Trinajstić information content (AvgIpc) is 2.94. The van der Waals surface area contributed by atoms with Gasteiger partial charge in [0.2, 0.25) is 0 Å². The Morgan fingerprint density at radius 3 is 2.71 bits per heavy atom. The van der Waals surface area contributed by atoms with Crippen LogP contribution in [-0.2, 0) is 12.8 Å². The van der Waals surface area contributed by atoms with Crippen molar-refractivity contribution >= 4 is 17.3 Å². The first-order chi connectivity index (χ1) is 8.15. The summed E-state index contributed by atoms with van der Waals surface area (Å²) in [4.78, 5) is 11.2. The smallest absolute Gasteiger partial charge is 0.345 e. The van der Waals surface area contributed by atoms with Gasteiger partial charge in [-0.25, -0.2) is 9.48 Å². The Hall–Kier alpha value is -1.62. The minimum Gasteiger partial charge on any atom is -0.477 e. The monoisotopic (exact) mass is 250 g/mol. The maximum atomic E-state index is 10.8. The Balaban J connectivity index is 2.43. The first-order valence-corrected chi connectivity index (χ1v) is 6.38. The standard InChI is InChI=1S/C12H14N2O2S/c1-3-8-7-9(4-2)14(13-8)11-6-5-10(17-11)12(15)16/h5-7H,3-4H2,1-2H3,(H,15,16). The molecule has 0 saturated carbocycles. The lowest BCUT2D eigenvalue weighted by Crippen LogP contribution is -1.99. The van der Waals surface area contributed by atoms with Gasteiger partial charge in [-0.15, -0.1) is 11.3 Å². The zero-order valence-electron chi connectivity index (χ0n) is 9.80. The molecule has 4 nitrogen and oxygen atoms in total. The lowest BCUT2D eigenvalue weighted by Gasteiger charge is -2.01. The van der Waals surface area contributed by atoms with Crippen molar-refractivity contribution in [2.45, 2.75) is 26.7 Å². The summed E-state index contributed by atoms with van der Waals surface area (Å²) in [5.41, 5.74) is 2.15. The molecule has 2 aromatic rings. The van der Waals surface area contributed by atoms with Crippen LogP contribution in [0.3, 0.4) is 0 Å². The van der Waals surface area contributed by atoms with Gasteiger partial charge in [0, 0.05) is 5.69 Å². The lowest BCUT2D eigenvalue weighted by molar-refractivity contribution is 0.0702. The van der Waals surface area contributed by atoms with Crippen molar-refractivity contribution in [3.8, 4) is 5.00 Å². The molecule has 0 atom stereocenters. The van der Waals surface area contributed by atoms with Crippen LogP contribution < -0.4 is 0 Å². The van der Waals surface area contributed by atoms with Crippen LogP contribution in [0.25, 0.3) is 5.00 Å². The summed E-state index contributed by atoms with van der Waals surface area (Å²) in [6.45, 7) is 4.13. The molecule has 0 radical (unpaired) electrons. The third-order valence-corrected chi connectivity index (χ3v) is 3.62. The number of carboxylic acid groups (broad SMARTS) is 1. The minimum absolute atomic E-state index is 0.343. The second kappa shape index (κ2) is 4.71. The highest BCUT2D eigenvalue weighted by Crippen LogP contribution is 2.22. The molecule has 0 aliphatic heterocycles. The van der Waals surface area contributed by atoms with Gasteiger partial charge in [-0.1, -0.05) is 13.8 Å². The van der Waals surface area contributed by atoms with E-state index in [9.17, 15) is 4.79 Å². The van der Waals surface area contributed by atoms with E-state index in [4.69, 9.17) is 5.11 Å². The van der Waals surface area contributed by atoms with Crippen LogP contribution in [0.15, 0.2) is 18.2 Å². The second-order valence-corrected chi connectivity index (χ2v) is 4.75. The number of carboxylic acids is 1. The van der Waals surface area contributed by atoms with E-state index >= 15 is 0 Å². The molecular formula is C12H14N2O2S. The molecule has 0 saturated heterocycles. The van der Waals surface area contributed by atoms with E-state index in [0.29, 0.717) is 4.88 Å². The molecule has 17 heavy (non-hydrogen) atoms. The zero-order chi connectivity index (χ0) is 12.4. The van der Waals surface area contributed by atoms with Crippen molar-refractivity contribution in [3.63, 3.8) is 0 Å². The Labute approximate surface area is 104 Å². The molecule has 1 N–H and O–H groups in total. The van der Waals surface area contributed by atoms with Crippen LogP contribution in [0.5, 0.6) is 0 Å². The van der Waals surface area contributed by atoms with Gasteiger partial charge >= 0.3 is 5.97 Å². The van der Waals surface area contributed by atoms with Gasteiger partial charge in [0.25, 0.3) is 0 Å². The molecule has 0 amide bonds. The fourth-order valence-corrected chi connectivity index (χ4v) is 2.48. The summed E-state index contributed by atoms with van der Waals surface area (Å²) in [6, 6.07) is 5.49. The number of hydrogen-bond donors (Lipinski definition) is 1. The van der Waals surface area contributed by atoms with Gasteiger partial charge in [-0.05, 0) is 31.0 Å². The number of aromatic carboxylic acids is 1. The number of thiophene rings is 1. The van der Waals surface area contributed by atoms with Crippen LogP contribution in [-0.4, -0.2) is 20.9 Å². The van der Waals surface area contributed by atoms with Crippen LogP contribution >= 0.6 is 11.3 Å².